The number of rotatable bonds is 3. The molecule has 0 bridgehead atoms. The Labute approximate surface area is 105 Å². The number of anilines is 1. The Morgan fingerprint density at radius 3 is 3.00 bits per heavy atom. The number of hydrogen-bond acceptors (Lipinski definition) is 4. The first-order chi connectivity index (χ1) is 7.66. The normalized spacial score (nSPS) is 21.3. The lowest BCUT2D eigenvalue weighted by molar-refractivity contribution is 0.314. The van der Waals surface area contributed by atoms with E-state index >= 15 is 0 Å². The number of nitrogens with zero attached hydrogens (tertiary/aromatic N) is 4. The third-order valence-corrected chi connectivity index (χ3v) is 3.60. The smallest absolute Gasteiger partial charge is 0.132 e. The van der Waals surface area contributed by atoms with Gasteiger partial charge in [-0.2, -0.15) is 0 Å². The average Bonchev–Trinajstić information content (AvgIpc) is 2.64. The lowest BCUT2D eigenvalue weighted by Gasteiger charge is -2.26. The summed E-state index contributed by atoms with van der Waals surface area (Å²) in [6, 6.07) is 2.60. The Hall–Kier alpha value is -0.680. The van der Waals surface area contributed by atoms with Crippen molar-refractivity contribution in [3.8, 4) is 0 Å². The zero-order chi connectivity index (χ0) is 11.5. The van der Waals surface area contributed by atoms with Crippen LogP contribution in [-0.4, -0.2) is 48.1 Å². The molecule has 1 aliphatic heterocycles. The molecule has 0 radical (unpaired) electrons. The summed E-state index contributed by atoms with van der Waals surface area (Å²) in [4.78, 5) is 12.9. The largest absolute Gasteiger partial charge is 0.358 e. The maximum Gasteiger partial charge on any atom is 0.132 e. The van der Waals surface area contributed by atoms with Crippen molar-refractivity contribution in [2.24, 2.45) is 0 Å². The van der Waals surface area contributed by atoms with Crippen LogP contribution in [0.25, 0.3) is 0 Å². The maximum atomic E-state index is 4.27. The van der Waals surface area contributed by atoms with E-state index in [-0.39, 0.29) is 0 Å². The van der Waals surface area contributed by atoms with Crippen LogP contribution in [0.3, 0.4) is 0 Å². The van der Waals surface area contributed by atoms with Crippen molar-refractivity contribution in [1.29, 1.82) is 0 Å². The lowest BCUT2D eigenvalue weighted by Crippen LogP contribution is -2.36. The molecular formula is C11H17BrN4. The van der Waals surface area contributed by atoms with Crippen LogP contribution in [0, 0.1) is 0 Å². The van der Waals surface area contributed by atoms with E-state index in [2.05, 4.69) is 49.8 Å². The fraction of sp³-hybridized carbons (Fsp3) is 0.636. The molecule has 0 aliphatic carbocycles. The molecule has 1 unspecified atom stereocenters. The van der Waals surface area contributed by atoms with E-state index < -0.39 is 0 Å². The van der Waals surface area contributed by atoms with E-state index in [0.29, 0.717) is 6.04 Å². The summed E-state index contributed by atoms with van der Waals surface area (Å²) in [7, 11) is 4.28. The van der Waals surface area contributed by atoms with Crippen LogP contribution < -0.4 is 4.90 Å². The molecule has 1 atom stereocenters. The van der Waals surface area contributed by atoms with Crippen molar-refractivity contribution < 1.29 is 0 Å². The van der Waals surface area contributed by atoms with Gasteiger partial charge in [-0.25, -0.2) is 9.97 Å². The quantitative estimate of drug-likeness (QED) is 0.792. The fourth-order valence-electron chi connectivity index (χ4n) is 2.15. The predicted octanol–water partition coefficient (Wildman–Crippen LogP) is 1.77. The topological polar surface area (TPSA) is 32.3 Å². The van der Waals surface area contributed by atoms with E-state index in [4.69, 9.17) is 0 Å². The van der Waals surface area contributed by atoms with Gasteiger partial charge in [-0.3, -0.25) is 0 Å². The van der Waals surface area contributed by atoms with Crippen molar-refractivity contribution in [3.05, 3.63) is 17.0 Å². The number of hydrogen-bond donors (Lipinski definition) is 0. The van der Waals surface area contributed by atoms with Crippen molar-refractivity contribution in [1.82, 2.24) is 14.9 Å². The highest BCUT2D eigenvalue weighted by atomic mass is 79.9. The first-order valence-corrected chi connectivity index (χ1v) is 6.35. The van der Waals surface area contributed by atoms with Crippen LogP contribution >= 0.6 is 15.9 Å². The van der Waals surface area contributed by atoms with Crippen LogP contribution in [0.1, 0.15) is 12.8 Å². The van der Waals surface area contributed by atoms with E-state index in [0.717, 1.165) is 17.0 Å². The second-order valence-electron chi connectivity index (χ2n) is 4.36. The van der Waals surface area contributed by atoms with Crippen LogP contribution in [0.2, 0.25) is 0 Å². The zero-order valence-corrected chi connectivity index (χ0v) is 11.3. The molecule has 1 fully saturated rings. The monoisotopic (exact) mass is 284 g/mol. The van der Waals surface area contributed by atoms with Gasteiger partial charge in [0.25, 0.3) is 0 Å². The molecular weight excluding hydrogens is 268 g/mol. The minimum Gasteiger partial charge on any atom is -0.358 e. The zero-order valence-electron chi connectivity index (χ0n) is 9.73. The minimum absolute atomic E-state index is 0.652. The maximum absolute atomic E-state index is 4.27. The number of aromatic nitrogens is 2. The van der Waals surface area contributed by atoms with Crippen molar-refractivity contribution >= 4 is 21.7 Å². The van der Waals surface area contributed by atoms with Crippen molar-refractivity contribution in [3.63, 3.8) is 0 Å². The average molecular weight is 285 g/mol. The predicted molar refractivity (Wildman–Crippen MR) is 68.7 cm³/mol. The molecule has 0 N–H and O–H groups in total. The van der Waals surface area contributed by atoms with E-state index in [1.165, 1.54) is 19.4 Å². The first kappa shape index (κ1) is 11.8. The van der Waals surface area contributed by atoms with Gasteiger partial charge in [0.15, 0.2) is 0 Å². The van der Waals surface area contributed by atoms with E-state index in [9.17, 15) is 0 Å². The fourth-order valence-corrected chi connectivity index (χ4v) is 2.45. The molecule has 0 aromatic carbocycles. The summed E-state index contributed by atoms with van der Waals surface area (Å²) in [5, 5.41) is 0. The van der Waals surface area contributed by atoms with Crippen LogP contribution in [-0.2, 0) is 0 Å². The molecule has 0 saturated carbocycles. The van der Waals surface area contributed by atoms with Gasteiger partial charge in [0.1, 0.15) is 16.7 Å². The molecule has 2 rings (SSSR count). The van der Waals surface area contributed by atoms with Gasteiger partial charge in [0.2, 0.25) is 0 Å². The molecule has 88 valence electrons. The third kappa shape index (κ3) is 2.71. The molecule has 1 aromatic heterocycles. The van der Waals surface area contributed by atoms with Crippen LogP contribution in [0.15, 0.2) is 17.0 Å². The third-order valence-electron chi connectivity index (χ3n) is 3.17. The van der Waals surface area contributed by atoms with E-state index in [1.807, 2.05) is 6.07 Å². The van der Waals surface area contributed by atoms with Gasteiger partial charge >= 0.3 is 0 Å². The van der Waals surface area contributed by atoms with Gasteiger partial charge in [0.05, 0.1) is 0 Å². The van der Waals surface area contributed by atoms with E-state index in [1.54, 1.807) is 6.33 Å². The number of halogens is 1. The summed E-state index contributed by atoms with van der Waals surface area (Å²) in [5.41, 5.74) is 0. The molecule has 16 heavy (non-hydrogen) atoms. The molecule has 1 aliphatic rings. The van der Waals surface area contributed by atoms with Crippen LogP contribution in [0.4, 0.5) is 5.82 Å². The summed E-state index contributed by atoms with van der Waals surface area (Å²) >= 11 is 3.37. The minimum atomic E-state index is 0.652. The summed E-state index contributed by atoms with van der Waals surface area (Å²) in [6.45, 7) is 2.24. The van der Waals surface area contributed by atoms with Crippen molar-refractivity contribution in [2.45, 2.75) is 18.9 Å². The Bertz CT molecular complexity index is 358. The highest BCUT2D eigenvalue weighted by molar-refractivity contribution is 9.10. The van der Waals surface area contributed by atoms with Crippen LogP contribution in [0.5, 0.6) is 0 Å². The summed E-state index contributed by atoms with van der Waals surface area (Å²) < 4.78 is 0.837. The summed E-state index contributed by atoms with van der Waals surface area (Å²) in [5.74, 6) is 0.974. The highest BCUT2D eigenvalue weighted by Gasteiger charge is 2.22. The first-order valence-electron chi connectivity index (χ1n) is 5.56. The lowest BCUT2D eigenvalue weighted by atomic mass is 10.2. The standard InChI is InChI=1S/C11H17BrN4/c1-15-5-3-4-9(15)7-16(2)11-6-10(12)13-8-14-11/h6,8-9H,3-5,7H2,1-2H3. The Morgan fingerprint density at radius 1 is 1.56 bits per heavy atom. The molecule has 0 amide bonds. The highest BCUT2D eigenvalue weighted by Crippen LogP contribution is 2.19. The second-order valence-corrected chi connectivity index (χ2v) is 5.17. The molecule has 0 spiro atoms. The van der Waals surface area contributed by atoms with Gasteiger partial charge < -0.3 is 9.80 Å². The molecule has 1 aromatic rings. The molecule has 4 nitrogen and oxygen atoms in total. The van der Waals surface area contributed by atoms with Gasteiger partial charge in [-0.15, -0.1) is 0 Å². The SMILES string of the molecule is CN(CC1CCCN1C)c1cc(Br)ncn1. The Balaban J connectivity index is 1.99. The molecule has 1 saturated heterocycles. The number of likely N-dealkylation sites (tertiary alicyclic amines) is 1. The Kier molecular flexibility index (Phi) is 3.76. The van der Waals surface area contributed by atoms with Gasteiger partial charge in [-0.1, -0.05) is 0 Å². The van der Waals surface area contributed by atoms with Gasteiger partial charge in [-0.05, 0) is 42.4 Å². The van der Waals surface area contributed by atoms with Gasteiger partial charge in [0, 0.05) is 25.7 Å². The summed E-state index contributed by atoms with van der Waals surface area (Å²) in [6.07, 6.45) is 4.18. The molecule has 5 heteroatoms. The second kappa shape index (κ2) is 5.10. The van der Waals surface area contributed by atoms with Crippen molar-refractivity contribution in [2.75, 3.05) is 32.1 Å². The Morgan fingerprint density at radius 2 is 2.38 bits per heavy atom. The number of likely N-dealkylation sites (N-methyl/N-ethyl adjacent to an activating group) is 2. The molecule has 2 heterocycles.